The molecular weight excluding hydrogens is 456 g/mol. The Morgan fingerprint density at radius 1 is 1.21 bits per heavy atom. The number of hydrogen-bond donors (Lipinski definition) is 2. The molecule has 2 amide bonds. The van der Waals surface area contributed by atoms with E-state index in [0.717, 1.165) is 28.6 Å². The third kappa shape index (κ3) is 5.74. The summed E-state index contributed by atoms with van der Waals surface area (Å²) < 4.78 is 6.96. The predicted octanol–water partition coefficient (Wildman–Crippen LogP) is 4.67. The molecule has 0 spiro atoms. The molecule has 1 heterocycles. The van der Waals surface area contributed by atoms with Crippen LogP contribution in [0, 0.1) is 0 Å². The van der Waals surface area contributed by atoms with Gasteiger partial charge in [-0.05, 0) is 49.1 Å². The molecule has 1 aliphatic heterocycles. The molecule has 2 N–H and O–H groups in total. The van der Waals surface area contributed by atoms with Crippen molar-refractivity contribution in [3.8, 4) is 5.75 Å². The van der Waals surface area contributed by atoms with Crippen molar-refractivity contribution in [2.24, 2.45) is 0 Å². The lowest BCUT2D eigenvalue weighted by Crippen LogP contribution is -2.28. The molecular formula is C21H23BrN2O4S. The van der Waals surface area contributed by atoms with Gasteiger partial charge in [-0.1, -0.05) is 40.2 Å². The standard InChI is InChI=1S/C21H23BrN2O4S/c22-16-8-6-7-15(13-16)21-24(20(26)14-29-21)17-9-3-4-10-18(17)28-12-5-1-2-11-19(25)23-27/h3-4,6-10,13,21,27H,1-2,5,11-12,14H2,(H,23,25)/t21-/m0/s1. The largest absolute Gasteiger partial charge is 0.491 e. The number of thioether (sulfide) groups is 1. The van der Waals surface area contributed by atoms with Gasteiger partial charge in [0.1, 0.15) is 11.1 Å². The minimum atomic E-state index is -0.375. The van der Waals surface area contributed by atoms with Gasteiger partial charge in [-0.25, -0.2) is 5.48 Å². The van der Waals surface area contributed by atoms with Gasteiger partial charge in [0.2, 0.25) is 11.8 Å². The van der Waals surface area contributed by atoms with Crippen molar-refractivity contribution in [3.05, 3.63) is 58.6 Å². The molecule has 1 fully saturated rings. The molecule has 0 unspecified atom stereocenters. The maximum atomic E-state index is 12.7. The number of hydrogen-bond acceptors (Lipinski definition) is 5. The number of hydroxylamine groups is 1. The number of benzene rings is 2. The molecule has 0 bridgehead atoms. The zero-order valence-corrected chi connectivity index (χ0v) is 18.2. The van der Waals surface area contributed by atoms with Gasteiger partial charge < -0.3 is 4.74 Å². The van der Waals surface area contributed by atoms with Gasteiger partial charge in [-0.3, -0.25) is 19.7 Å². The second-order valence-corrected chi connectivity index (χ2v) is 8.63. The summed E-state index contributed by atoms with van der Waals surface area (Å²) in [4.78, 5) is 25.5. The van der Waals surface area contributed by atoms with Crippen LogP contribution in [0.3, 0.4) is 0 Å². The van der Waals surface area contributed by atoms with Crippen molar-refractivity contribution in [1.29, 1.82) is 0 Å². The Bertz CT molecular complexity index is 864. The SMILES string of the molecule is O=C(CCCCCOc1ccccc1N1C(=O)CS[C@H]1c1cccc(Br)c1)NO. The summed E-state index contributed by atoms with van der Waals surface area (Å²) >= 11 is 5.11. The lowest BCUT2D eigenvalue weighted by Gasteiger charge is -2.26. The highest BCUT2D eigenvalue weighted by Crippen LogP contribution is 2.45. The topological polar surface area (TPSA) is 78.9 Å². The number of carbonyl (C=O) groups is 2. The third-order valence-corrected chi connectivity index (χ3v) is 6.26. The summed E-state index contributed by atoms with van der Waals surface area (Å²) in [7, 11) is 0. The second kappa shape index (κ2) is 10.7. The van der Waals surface area contributed by atoms with E-state index in [0.29, 0.717) is 31.0 Å². The van der Waals surface area contributed by atoms with Crippen LogP contribution in [0.15, 0.2) is 53.0 Å². The van der Waals surface area contributed by atoms with Gasteiger partial charge >= 0.3 is 0 Å². The number of amides is 2. The number of unbranched alkanes of at least 4 members (excludes halogenated alkanes) is 2. The number of rotatable bonds is 9. The van der Waals surface area contributed by atoms with Gasteiger partial charge in [0.05, 0.1) is 18.0 Å². The smallest absolute Gasteiger partial charge is 0.243 e. The molecule has 0 saturated carbocycles. The van der Waals surface area contributed by atoms with Gasteiger partial charge in [-0.2, -0.15) is 0 Å². The summed E-state index contributed by atoms with van der Waals surface area (Å²) in [5.41, 5.74) is 3.47. The molecule has 0 aromatic heterocycles. The first-order valence-electron chi connectivity index (χ1n) is 9.44. The van der Waals surface area contributed by atoms with Gasteiger partial charge in [0.15, 0.2) is 0 Å². The average molecular weight is 479 g/mol. The molecule has 2 aromatic carbocycles. The normalized spacial score (nSPS) is 16.1. The molecule has 8 heteroatoms. The van der Waals surface area contributed by atoms with Crippen molar-refractivity contribution in [3.63, 3.8) is 0 Å². The Morgan fingerprint density at radius 2 is 2.03 bits per heavy atom. The van der Waals surface area contributed by atoms with E-state index in [9.17, 15) is 9.59 Å². The monoisotopic (exact) mass is 478 g/mol. The van der Waals surface area contributed by atoms with E-state index in [2.05, 4.69) is 15.9 Å². The molecule has 3 rings (SSSR count). The van der Waals surface area contributed by atoms with Crippen LogP contribution >= 0.6 is 27.7 Å². The highest BCUT2D eigenvalue weighted by atomic mass is 79.9. The lowest BCUT2D eigenvalue weighted by atomic mass is 10.1. The lowest BCUT2D eigenvalue weighted by molar-refractivity contribution is -0.129. The summed E-state index contributed by atoms with van der Waals surface area (Å²) in [5.74, 6) is 0.792. The van der Waals surface area contributed by atoms with E-state index in [1.807, 2.05) is 53.4 Å². The van der Waals surface area contributed by atoms with E-state index < -0.39 is 0 Å². The van der Waals surface area contributed by atoms with Crippen molar-refractivity contribution in [2.45, 2.75) is 31.1 Å². The molecule has 6 nitrogen and oxygen atoms in total. The van der Waals surface area contributed by atoms with Crippen molar-refractivity contribution < 1.29 is 19.5 Å². The molecule has 154 valence electrons. The van der Waals surface area contributed by atoms with Gasteiger partial charge in [0, 0.05) is 10.9 Å². The highest BCUT2D eigenvalue weighted by molar-refractivity contribution is 9.10. The van der Waals surface area contributed by atoms with E-state index in [-0.39, 0.29) is 17.2 Å². The Hall–Kier alpha value is -2.03. The first-order valence-corrected chi connectivity index (χ1v) is 11.3. The molecule has 2 aromatic rings. The van der Waals surface area contributed by atoms with Crippen LogP contribution in [0.1, 0.15) is 36.6 Å². The fraction of sp³-hybridized carbons (Fsp3) is 0.333. The molecule has 1 aliphatic rings. The Balaban J connectivity index is 1.67. The van der Waals surface area contributed by atoms with Crippen LogP contribution in [-0.4, -0.2) is 29.4 Å². The molecule has 1 saturated heterocycles. The number of halogens is 1. The minimum absolute atomic E-state index is 0.0611. The van der Waals surface area contributed by atoms with Crippen LogP contribution in [0.5, 0.6) is 5.75 Å². The number of anilines is 1. The van der Waals surface area contributed by atoms with E-state index in [1.165, 1.54) is 0 Å². The summed E-state index contributed by atoms with van der Waals surface area (Å²) in [6.07, 6.45) is 2.57. The number of ether oxygens (including phenoxy) is 1. The van der Waals surface area contributed by atoms with Crippen LogP contribution < -0.4 is 15.1 Å². The van der Waals surface area contributed by atoms with Crippen LogP contribution in [-0.2, 0) is 9.59 Å². The number of nitrogens with zero attached hydrogens (tertiary/aromatic N) is 1. The zero-order chi connectivity index (χ0) is 20.6. The quantitative estimate of drug-likeness (QED) is 0.311. The molecule has 0 aliphatic carbocycles. The molecule has 1 atom stereocenters. The fourth-order valence-corrected chi connectivity index (χ4v) is 4.75. The average Bonchev–Trinajstić information content (AvgIpc) is 3.12. The molecule has 29 heavy (non-hydrogen) atoms. The Kier molecular flexibility index (Phi) is 7.97. The summed E-state index contributed by atoms with van der Waals surface area (Å²) in [6, 6.07) is 15.6. The van der Waals surface area contributed by atoms with Crippen LogP contribution in [0.2, 0.25) is 0 Å². The van der Waals surface area contributed by atoms with E-state index >= 15 is 0 Å². The number of carbonyl (C=O) groups excluding carboxylic acids is 2. The maximum absolute atomic E-state index is 12.7. The predicted molar refractivity (Wildman–Crippen MR) is 117 cm³/mol. The second-order valence-electron chi connectivity index (χ2n) is 6.64. The minimum Gasteiger partial charge on any atom is -0.491 e. The van der Waals surface area contributed by atoms with Crippen molar-refractivity contribution in [1.82, 2.24) is 5.48 Å². The van der Waals surface area contributed by atoms with E-state index in [1.54, 1.807) is 17.2 Å². The fourth-order valence-electron chi connectivity index (χ4n) is 3.17. The molecule has 0 radical (unpaired) electrons. The Labute approximate surface area is 182 Å². The first-order chi connectivity index (χ1) is 14.1. The summed E-state index contributed by atoms with van der Waals surface area (Å²) in [6.45, 7) is 0.495. The van der Waals surface area contributed by atoms with Gasteiger partial charge in [-0.15, -0.1) is 11.8 Å². The zero-order valence-electron chi connectivity index (χ0n) is 15.8. The first kappa shape index (κ1) is 21.7. The third-order valence-electron chi connectivity index (χ3n) is 4.56. The number of nitrogens with one attached hydrogen (secondary N) is 1. The van der Waals surface area contributed by atoms with E-state index in [4.69, 9.17) is 9.94 Å². The van der Waals surface area contributed by atoms with Crippen LogP contribution in [0.4, 0.5) is 5.69 Å². The maximum Gasteiger partial charge on any atom is 0.243 e. The van der Waals surface area contributed by atoms with Crippen molar-refractivity contribution in [2.75, 3.05) is 17.3 Å². The van der Waals surface area contributed by atoms with Crippen molar-refractivity contribution >= 4 is 45.2 Å². The Morgan fingerprint density at radius 3 is 2.83 bits per heavy atom. The number of para-hydroxylation sites is 2. The highest BCUT2D eigenvalue weighted by Gasteiger charge is 2.35. The summed E-state index contributed by atoms with van der Waals surface area (Å²) in [5, 5.41) is 8.40. The van der Waals surface area contributed by atoms with Crippen LogP contribution in [0.25, 0.3) is 0 Å². The van der Waals surface area contributed by atoms with Gasteiger partial charge in [0.25, 0.3) is 0 Å².